The third kappa shape index (κ3) is 5.17. The van der Waals surface area contributed by atoms with Crippen LogP contribution < -0.4 is 15.5 Å². The summed E-state index contributed by atoms with van der Waals surface area (Å²) in [4.78, 5) is 27.7. The molecule has 0 radical (unpaired) electrons. The summed E-state index contributed by atoms with van der Waals surface area (Å²) in [5, 5.41) is 14.9. The lowest BCUT2D eigenvalue weighted by molar-refractivity contribution is -0.125. The van der Waals surface area contributed by atoms with Gasteiger partial charge in [0.1, 0.15) is 5.82 Å². The molecule has 1 fully saturated rings. The zero-order chi connectivity index (χ0) is 23.4. The molecular weight excluding hydrogens is 425 g/mol. The number of halogens is 1. The van der Waals surface area contributed by atoms with Crippen molar-refractivity contribution in [3.8, 4) is 0 Å². The lowest BCUT2D eigenvalue weighted by Gasteiger charge is -2.27. The van der Waals surface area contributed by atoms with Gasteiger partial charge in [0, 0.05) is 43.6 Å². The molecule has 1 unspecified atom stereocenters. The molecule has 3 N–H and O–H groups in total. The van der Waals surface area contributed by atoms with Gasteiger partial charge in [-0.2, -0.15) is 0 Å². The van der Waals surface area contributed by atoms with Crippen LogP contribution in [0.1, 0.15) is 47.3 Å². The number of nitrogens with one attached hydrogen (secondary N) is 2. The summed E-state index contributed by atoms with van der Waals surface area (Å²) >= 11 is 0. The summed E-state index contributed by atoms with van der Waals surface area (Å²) in [6.45, 7) is 3.93. The zero-order valence-electron chi connectivity index (χ0n) is 18.8. The van der Waals surface area contributed by atoms with E-state index in [0.717, 1.165) is 36.1 Å². The summed E-state index contributed by atoms with van der Waals surface area (Å²) in [5.41, 5.74) is 3.63. The highest BCUT2D eigenvalue weighted by molar-refractivity contribution is 6.00. The predicted octanol–water partition coefficient (Wildman–Crippen LogP) is 3.04. The second-order valence-electron chi connectivity index (χ2n) is 8.55. The minimum absolute atomic E-state index is 0.0203. The first-order valence-corrected chi connectivity index (χ1v) is 11.4. The second-order valence-corrected chi connectivity index (χ2v) is 8.55. The smallest absolute Gasteiger partial charge is 0.253 e. The third-order valence-electron chi connectivity index (χ3n) is 6.34. The number of fused-ring (bicyclic) bond motifs is 1. The summed E-state index contributed by atoms with van der Waals surface area (Å²) in [7, 11) is 0. The molecule has 176 valence electrons. The van der Waals surface area contributed by atoms with Crippen molar-refractivity contribution in [2.45, 2.75) is 32.2 Å². The largest absolute Gasteiger partial charge is 0.395 e. The molecule has 8 heteroatoms. The molecule has 0 bridgehead atoms. The van der Waals surface area contributed by atoms with Crippen LogP contribution in [0.4, 0.5) is 15.8 Å². The normalized spacial score (nSPS) is 16.9. The van der Waals surface area contributed by atoms with Crippen molar-refractivity contribution in [1.82, 2.24) is 5.32 Å². The Morgan fingerprint density at radius 1 is 1.21 bits per heavy atom. The minimum atomic E-state index is -0.460. The van der Waals surface area contributed by atoms with Gasteiger partial charge < -0.3 is 25.4 Å². The summed E-state index contributed by atoms with van der Waals surface area (Å²) < 4.78 is 19.0. The average molecular weight is 456 g/mol. The van der Waals surface area contributed by atoms with Crippen molar-refractivity contribution in [3.05, 3.63) is 58.9 Å². The van der Waals surface area contributed by atoms with E-state index >= 15 is 0 Å². The quantitative estimate of drug-likeness (QED) is 0.597. The van der Waals surface area contributed by atoms with E-state index < -0.39 is 5.82 Å². The maximum Gasteiger partial charge on any atom is 0.253 e. The maximum atomic E-state index is 13.6. The lowest BCUT2D eigenvalue weighted by atomic mass is 9.98. The third-order valence-corrected chi connectivity index (χ3v) is 6.34. The summed E-state index contributed by atoms with van der Waals surface area (Å²) in [6, 6.07) is 9.59. The Hall–Kier alpha value is -2.97. The number of hydrogen-bond donors (Lipinski definition) is 3. The van der Waals surface area contributed by atoms with Crippen LogP contribution in [0.5, 0.6) is 0 Å². The van der Waals surface area contributed by atoms with Crippen LogP contribution in [0.15, 0.2) is 36.4 Å². The number of aliphatic hydroxyl groups excluding tert-OH is 1. The Morgan fingerprint density at radius 3 is 2.76 bits per heavy atom. The summed E-state index contributed by atoms with van der Waals surface area (Å²) in [6.07, 6.45) is 2.32. The van der Waals surface area contributed by atoms with Gasteiger partial charge in [-0.3, -0.25) is 9.59 Å². The highest BCUT2D eigenvalue weighted by Crippen LogP contribution is 2.33. The lowest BCUT2D eigenvalue weighted by Crippen LogP contribution is -2.37. The standard InChI is InChI=1S/C25H30FN3O4/c1-16(28-24(31)21-4-3-20(26)15-22(21)27-9-11-30)18-2-5-23-19(14-18)6-10-29(23)25(32)17-7-12-33-13-8-17/h2-5,14-17,27,30H,6-13H2,1H3,(H,28,31). The fourth-order valence-electron chi connectivity index (χ4n) is 4.49. The molecule has 2 amide bonds. The van der Waals surface area contributed by atoms with Gasteiger partial charge in [0.05, 0.1) is 18.2 Å². The van der Waals surface area contributed by atoms with E-state index in [-0.39, 0.29) is 36.9 Å². The van der Waals surface area contributed by atoms with Gasteiger partial charge in [0.15, 0.2) is 0 Å². The van der Waals surface area contributed by atoms with Gasteiger partial charge in [-0.1, -0.05) is 12.1 Å². The average Bonchev–Trinajstić information content (AvgIpc) is 3.26. The molecule has 2 aromatic carbocycles. The van der Waals surface area contributed by atoms with Crippen molar-refractivity contribution in [3.63, 3.8) is 0 Å². The van der Waals surface area contributed by atoms with E-state index in [4.69, 9.17) is 9.84 Å². The number of carbonyl (C=O) groups is 2. The number of nitrogens with zero attached hydrogens (tertiary/aromatic N) is 1. The van der Waals surface area contributed by atoms with Gasteiger partial charge in [0.2, 0.25) is 5.91 Å². The van der Waals surface area contributed by atoms with Crippen LogP contribution in [0, 0.1) is 11.7 Å². The monoisotopic (exact) mass is 455 g/mol. The highest BCUT2D eigenvalue weighted by Gasteiger charge is 2.31. The van der Waals surface area contributed by atoms with Crippen LogP contribution in [0.3, 0.4) is 0 Å². The van der Waals surface area contributed by atoms with Crippen molar-refractivity contribution in [2.24, 2.45) is 5.92 Å². The van der Waals surface area contributed by atoms with E-state index in [1.165, 1.54) is 18.2 Å². The molecule has 1 saturated heterocycles. The van der Waals surface area contributed by atoms with Gasteiger partial charge in [-0.25, -0.2) is 4.39 Å². The van der Waals surface area contributed by atoms with Gasteiger partial charge >= 0.3 is 0 Å². The maximum absolute atomic E-state index is 13.6. The number of anilines is 2. The SMILES string of the molecule is CC(NC(=O)c1ccc(F)cc1NCCO)c1ccc2c(c1)CCN2C(=O)C1CCOCC1. The first kappa shape index (κ1) is 23.2. The van der Waals surface area contributed by atoms with E-state index in [2.05, 4.69) is 10.6 Å². The molecule has 0 aromatic heterocycles. The molecular formula is C25H30FN3O4. The van der Waals surface area contributed by atoms with Crippen LogP contribution in [0.25, 0.3) is 0 Å². The zero-order valence-corrected chi connectivity index (χ0v) is 18.8. The van der Waals surface area contributed by atoms with Crippen molar-refractivity contribution in [1.29, 1.82) is 0 Å². The molecule has 0 aliphatic carbocycles. The van der Waals surface area contributed by atoms with Gasteiger partial charge in [0.25, 0.3) is 5.91 Å². The number of aliphatic hydroxyl groups is 1. The van der Waals surface area contributed by atoms with Crippen LogP contribution in [0.2, 0.25) is 0 Å². The molecule has 2 aliphatic heterocycles. The molecule has 7 nitrogen and oxygen atoms in total. The molecule has 1 atom stereocenters. The van der Waals surface area contributed by atoms with Crippen LogP contribution in [-0.2, 0) is 16.0 Å². The Bertz CT molecular complexity index is 1020. The first-order chi connectivity index (χ1) is 16.0. The van der Waals surface area contributed by atoms with Crippen LogP contribution >= 0.6 is 0 Å². The molecule has 2 heterocycles. The van der Waals surface area contributed by atoms with Crippen LogP contribution in [-0.4, -0.2) is 49.8 Å². The predicted molar refractivity (Wildman–Crippen MR) is 124 cm³/mol. The van der Waals surface area contributed by atoms with E-state index in [0.29, 0.717) is 31.0 Å². The Kier molecular flexibility index (Phi) is 7.25. The molecule has 0 spiro atoms. The Labute approximate surface area is 192 Å². The molecule has 4 rings (SSSR count). The Morgan fingerprint density at radius 2 is 2.00 bits per heavy atom. The highest BCUT2D eigenvalue weighted by atomic mass is 19.1. The Balaban J connectivity index is 1.45. The van der Waals surface area contributed by atoms with Gasteiger partial charge in [-0.15, -0.1) is 0 Å². The van der Waals surface area contributed by atoms with E-state index in [9.17, 15) is 14.0 Å². The summed E-state index contributed by atoms with van der Waals surface area (Å²) in [5.74, 6) is -0.601. The number of hydrogen-bond acceptors (Lipinski definition) is 5. The number of rotatable bonds is 7. The first-order valence-electron chi connectivity index (χ1n) is 11.4. The fourth-order valence-corrected chi connectivity index (χ4v) is 4.49. The topological polar surface area (TPSA) is 90.9 Å². The number of amides is 2. The van der Waals surface area contributed by atoms with E-state index in [1.54, 1.807) is 0 Å². The molecule has 2 aromatic rings. The number of ether oxygens (including phenoxy) is 1. The van der Waals surface area contributed by atoms with Crippen molar-refractivity contribution >= 4 is 23.2 Å². The fraction of sp³-hybridized carbons (Fsp3) is 0.440. The second kappa shape index (κ2) is 10.3. The van der Waals surface area contributed by atoms with Gasteiger partial charge in [-0.05, 0) is 61.6 Å². The molecule has 2 aliphatic rings. The minimum Gasteiger partial charge on any atom is -0.395 e. The van der Waals surface area contributed by atoms with Crippen molar-refractivity contribution in [2.75, 3.05) is 43.1 Å². The number of carbonyl (C=O) groups excluding carboxylic acids is 2. The molecule has 0 saturated carbocycles. The van der Waals surface area contributed by atoms with Crippen molar-refractivity contribution < 1.29 is 23.8 Å². The molecule has 33 heavy (non-hydrogen) atoms. The van der Waals surface area contributed by atoms with E-state index in [1.807, 2.05) is 30.0 Å². The number of benzene rings is 2.